The zero-order valence-electron chi connectivity index (χ0n) is 13.0. The number of halogens is 2. The molecule has 3 atom stereocenters. The Balaban J connectivity index is 2.32. The van der Waals surface area contributed by atoms with Crippen LogP contribution < -0.4 is 5.41 Å². The predicted molar refractivity (Wildman–Crippen MR) is 97.8 cm³/mol. The van der Waals surface area contributed by atoms with Crippen molar-refractivity contribution in [3.63, 3.8) is 0 Å². The fourth-order valence-electron chi connectivity index (χ4n) is 3.75. The van der Waals surface area contributed by atoms with Gasteiger partial charge >= 0.3 is 0 Å². The van der Waals surface area contributed by atoms with E-state index in [-0.39, 0.29) is 11.6 Å². The van der Waals surface area contributed by atoms with Crippen molar-refractivity contribution in [1.82, 2.24) is 0 Å². The summed E-state index contributed by atoms with van der Waals surface area (Å²) < 4.78 is 0. The standard InChI is InChI=1S/C18H12Cl2N4S/c19-14-3-1-2-11(16(14)20)15-13-7-25-5-4-10(13)12(6-21)17(24)18(15,8-22)9-23/h1-4,12-13,15,24H,5,7H2/p+1/t12-,13+,15+/m0/s1. The lowest BCUT2D eigenvalue weighted by Crippen LogP contribution is -2.61. The van der Waals surface area contributed by atoms with Gasteiger partial charge in [-0.1, -0.05) is 41.4 Å². The molecule has 0 saturated heterocycles. The highest BCUT2D eigenvalue weighted by molar-refractivity contribution is 7.99. The van der Waals surface area contributed by atoms with Gasteiger partial charge in [0, 0.05) is 23.3 Å². The number of nitrogens with two attached hydrogens (primary N) is 1. The van der Waals surface area contributed by atoms with Gasteiger partial charge in [0.1, 0.15) is 5.92 Å². The number of benzene rings is 1. The SMILES string of the molecule is N#C[C@@H]1C(=[NH2+])C(C#N)(C#N)[C@H](c2cccc(Cl)c2Cl)[C@@H]2CSCC=C12. The second-order valence-corrected chi connectivity index (χ2v) is 7.88. The average molecular weight is 388 g/mol. The maximum atomic E-state index is 9.92. The van der Waals surface area contributed by atoms with Crippen molar-refractivity contribution in [3.8, 4) is 18.2 Å². The third kappa shape index (κ3) is 2.54. The molecule has 124 valence electrons. The van der Waals surface area contributed by atoms with Crippen molar-refractivity contribution in [1.29, 1.82) is 15.8 Å². The molecule has 3 rings (SSSR count). The lowest BCUT2D eigenvalue weighted by atomic mass is 9.55. The molecule has 0 unspecified atom stereocenters. The third-order valence-electron chi connectivity index (χ3n) is 4.93. The Morgan fingerprint density at radius 3 is 2.56 bits per heavy atom. The lowest BCUT2D eigenvalue weighted by molar-refractivity contribution is -0.128. The molecule has 25 heavy (non-hydrogen) atoms. The predicted octanol–water partition coefficient (Wildman–Crippen LogP) is 2.75. The van der Waals surface area contributed by atoms with Crippen LogP contribution in [0.15, 0.2) is 29.8 Å². The highest BCUT2D eigenvalue weighted by Crippen LogP contribution is 2.55. The number of rotatable bonds is 1. The van der Waals surface area contributed by atoms with E-state index in [0.29, 0.717) is 21.4 Å². The van der Waals surface area contributed by atoms with Gasteiger partial charge in [-0.15, -0.1) is 0 Å². The molecule has 0 aromatic heterocycles. The van der Waals surface area contributed by atoms with Gasteiger partial charge in [0.15, 0.2) is 0 Å². The molecule has 7 heteroatoms. The summed E-state index contributed by atoms with van der Waals surface area (Å²) >= 11 is 14.3. The minimum atomic E-state index is -1.63. The molecule has 1 aliphatic carbocycles. The van der Waals surface area contributed by atoms with Crippen LogP contribution in [-0.4, -0.2) is 17.2 Å². The summed E-state index contributed by atoms with van der Waals surface area (Å²) in [6.45, 7) is 0. The van der Waals surface area contributed by atoms with Crippen LogP contribution in [0.4, 0.5) is 0 Å². The third-order valence-corrected chi connectivity index (χ3v) is 6.76. The fraction of sp³-hybridized carbons (Fsp3) is 0.333. The van der Waals surface area contributed by atoms with Crippen molar-refractivity contribution in [2.45, 2.75) is 5.92 Å². The van der Waals surface area contributed by atoms with E-state index in [0.717, 1.165) is 11.3 Å². The number of nitriles is 3. The summed E-state index contributed by atoms with van der Waals surface area (Å²) in [5, 5.41) is 36.4. The Morgan fingerprint density at radius 2 is 1.92 bits per heavy atom. The van der Waals surface area contributed by atoms with E-state index in [1.54, 1.807) is 30.0 Å². The Labute approximate surface area is 160 Å². The van der Waals surface area contributed by atoms with Crippen molar-refractivity contribution < 1.29 is 5.41 Å². The summed E-state index contributed by atoms with van der Waals surface area (Å²) in [6.07, 6.45) is 1.99. The van der Waals surface area contributed by atoms with Crippen LogP contribution in [0.2, 0.25) is 10.0 Å². The van der Waals surface area contributed by atoms with Gasteiger partial charge in [-0.05, 0) is 17.2 Å². The summed E-state index contributed by atoms with van der Waals surface area (Å²) in [6, 6.07) is 11.6. The molecule has 1 heterocycles. The minimum absolute atomic E-state index is 0.0791. The molecule has 2 N–H and O–H groups in total. The molecule has 1 aliphatic heterocycles. The van der Waals surface area contributed by atoms with Gasteiger partial charge in [0.25, 0.3) is 0 Å². The summed E-state index contributed by atoms with van der Waals surface area (Å²) in [7, 11) is 0. The largest absolute Gasteiger partial charge is 0.258 e. The molecule has 1 aromatic carbocycles. The second kappa shape index (κ2) is 6.74. The molecule has 0 radical (unpaired) electrons. The van der Waals surface area contributed by atoms with Crippen LogP contribution in [0.5, 0.6) is 0 Å². The van der Waals surface area contributed by atoms with Gasteiger partial charge < -0.3 is 0 Å². The van der Waals surface area contributed by atoms with Crippen molar-refractivity contribution in [2.24, 2.45) is 17.3 Å². The van der Waals surface area contributed by atoms with E-state index in [9.17, 15) is 15.8 Å². The number of hydrogen-bond donors (Lipinski definition) is 1. The Morgan fingerprint density at radius 1 is 1.20 bits per heavy atom. The van der Waals surface area contributed by atoms with Crippen LogP contribution in [0.3, 0.4) is 0 Å². The van der Waals surface area contributed by atoms with E-state index in [1.165, 1.54) is 0 Å². The number of nitrogens with zero attached hydrogens (tertiary/aromatic N) is 3. The number of allylic oxidation sites excluding steroid dienone is 1. The van der Waals surface area contributed by atoms with Crippen LogP contribution in [-0.2, 0) is 0 Å². The molecule has 0 bridgehead atoms. The molecule has 1 aromatic rings. The normalized spacial score (nSPS) is 27.2. The number of thioether (sulfide) groups is 1. The maximum absolute atomic E-state index is 9.92. The monoisotopic (exact) mass is 387 g/mol. The van der Waals surface area contributed by atoms with Crippen molar-refractivity contribution in [2.75, 3.05) is 11.5 Å². The summed E-state index contributed by atoms with van der Waals surface area (Å²) in [5.41, 5.74) is -0.0550. The summed E-state index contributed by atoms with van der Waals surface area (Å²) in [4.78, 5) is 0. The van der Waals surface area contributed by atoms with E-state index < -0.39 is 17.3 Å². The molecule has 1 saturated carbocycles. The van der Waals surface area contributed by atoms with Crippen molar-refractivity contribution in [3.05, 3.63) is 45.5 Å². The lowest BCUT2D eigenvalue weighted by Gasteiger charge is -2.43. The van der Waals surface area contributed by atoms with E-state index in [1.807, 2.05) is 6.08 Å². The maximum Gasteiger partial charge on any atom is 0.231 e. The Kier molecular flexibility index (Phi) is 4.81. The first-order chi connectivity index (χ1) is 12.0. The topological polar surface area (TPSA) is 97.0 Å². The number of fused-ring (bicyclic) bond motifs is 1. The Bertz CT molecular complexity index is 889. The molecule has 1 fully saturated rings. The molecule has 2 aliphatic rings. The highest BCUT2D eigenvalue weighted by atomic mass is 35.5. The van der Waals surface area contributed by atoms with Crippen LogP contribution in [0.25, 0.3) is 0 Å². The smallest absolute Gasteiger partial charge is 0.231 e. The molecule has 4 nitrogen and oxygen atoms in total. The molecular formula is C18H13Cl2N4S+. The van der Waals surface area contributed by atoms with Crippen LogP contribution in [0, 0.1) is 51.2 Å². The average Bonchev–Trinajstić information content (AvgIpc) is 2.64. The second-order valence-electron chi connectivity index (χ2n) is 6.02. The quantitative estimate of drug-likeness (QED) is 0.748. The first-order valence-corrected chi connectivity index (χ1v) is 9.49. The zero-order chi connectivity index (χ0) is 18.2. The van der Waals surface area contributed by atoms with Gasteiger partial charge in [-0.2, -0.15) is 27.5 Å². The molecular weight excluding hydrogens is 375 g/mol. The van der Waals surface area contributed by atoms with E-state index in [2.05, 4.69) is 18.2 Å². The first kappa shape index (κ1) is 17.8. The highest BCUT2D eigenvalue weighted by Gasteiger charge is 2.61. The molecule has 0 amide bonds. The molecule has 0 spiro atoms. The van der Waals surface area contributed by atoms with E-state index in [4.69, 9.17) is 28.6 Å². The van der Waals surface area contributed by atoms with Crippen molar-refractivity contribution >= 4 is 40.7 Å². The van der Waals surface area contributed by atoms with Crippen LogP contribution >= 0.6 is 35.0 Å². The van der Waals surface area contributed by atoms with Gasteiger partial charge in [-0.3, -0.25) is 5.41 Å². The van der Waals surface area contributed by atoms with Gasteiger partial charge in [0.05, 0.1) is 28.3 Å². The number of hydrogen-bond acceptors (Lipinski definition) is 4. The zero-order valence-corrected chi connectivity index (χ0v) is 15.4. The first-order valence-electron chi connectivity index (χ1n) is 7.58. The Hall–Kier alpha value is -1.97. The summed E-state index contributed by atoms with van der Waals surface area (Å²) in [5.74, 6) is -0.0160. The van der Waals surface area contributed by atoms with E-state index >= 15 is 0 Å². The minimum Gasteiger partial charge on any atom is -0.258 e. The fourth-order valence-corrected chi connectivity index (χ4v) is 5.27. The van der Waals surface area contributed by atoms with Crippen LogP contribution in [0.1, 0.15) is 11.5 Å². The van der Waals surface area contributed by atoms with Gasteiger partial charge in [-0.25, -0.2) is 0 Å². The van der Waals surface area contributed by atoms with Gasteiger partial charge in [0.2, 0.25) is 11.1 Å².